The van der Waals surface area contributed by atoms with Crippen LogP contribution >= 0.6 is 0 Å². The normalized spacial score (nSPS) is 9.00. The van der Waals surface area contributed by atoms with Gasteiger partial charge in [0.15, 0.2) is 6.03 Å². The molecule has 0 aliphatic carbocycles. The van der Waals surface area contributed by atoms with Gasteiger partial charge in [-0.3, -0.25) is 9.90 Å². The summed E-state index contributed by atoms with van der Waals surface area (Å²) in [5, 5.41) is 14.8. The van der Waals surface area contributed by atoms with Crippen LogP contribution in [0.5, 0.6) is 11.5 Å². The number of amides is 2. The van der Waals surface area contributed by atoms with Crippen molar-refractivity contribution in [2.75, 3.05) is 7.11 Å². The van der Waals surface area contributed by atoms with Crippen LogP contribution < -0.4 is 15.6 Å². The Hall–Kier alpha value is -1.66. The first-order valence-electron chi connectivity index (χ1n) is 4.02. The number of benzene rings is 1. The van der Waals surface area contributed by atoms with E-state index in [1.165, 1.54) is 19.2 Å². The van der Waals surface area contributed by atoms with Crippen LogP contribution in [-0.4, -0.2) is 19.4 Å². The fourth-order valence-electron chi connectivity index (χ4n) is 0.943. The zero-order valence-corrected chi connectivity index (χ0v) is 12.3. The average Bonchev–Trinajstić information content (AvgIpc) is 2.20. The summed E-state index contributed by atoms with van der Waals surface area (Å²) in [6, 6.07) is 3.78. The molecule has 0 aromatic heterocycles. The van der Waals surface area contributed by atoms with Gasteiger partial charge >= 0.3 is 19.5 Å². The van der Waals surface area contributed by atoms with E-state index in [4.69, 9.17) is 10.5 Å². The number of nitrogens with two attached hydrogens (primary N) is 1. The second-order valence-electron chi connectivity index (χ2n) is 2.56. The SMILES string of the molecule is COc1cccc(/C=N/[N-]C(N)=O)c1[O-].[OH3+].[Zn+2]. The minimum absolute atomic E-state index is 0. The molecule has 1 rings (SSSR count). The third kappa shape index (κ3) is 5.28. The number of para-hydroxylation sites is 1. The molecule has 1 aromatic carbocycles. The summed E-state index contributed by atoms with van der Waals surface area (Å²) in [5.41, 5.74) is 8.05. The van der Waals surface area contributed by atoms with Crippen molar-refractivity contribution in [3.63, 3.8) is 0 Å². The number of nitrogens with zero attached hydrogens (tertiary/aromatic N) is 2. The molecule has 0 saturated heterocycles. The molecule has 8 heteroatoms. The Balaban J connectivity index is 0. The summed E-state index contributed by atoms with van der Waals surface area (Å²) < 4.78 is 4.82. The number of methoxy groups -OCH3 is 1. The number of hydrogen-bond donors (Lipinski definition) is 1. The topological polar surface area (TPSA) is 135 Å². The van der Waals surface area contributed by atoms with E-state index >= 15 is 0 Å². The van der Waals surface area contributed by atoms with Crippen molar-refractivity contribution in [1.82, 2.24) is 0 Å². The molecule has 17 heavy (non-hydrogen) atoms. The maximum Gasteiger partial charge on any atom is 2.00 e. The van der Waals surface area contributed by atoms with Gasteiger partial charge in [0.2, 0.25) is 0 Å². The first-order valence-corrected chi connectivity index (χ1v) is 4.02. The summed E-state index contributed by atoms with van der Waals surface area (Å²) in [5.74, 6) is -0.110. The summed E-state index contributed by atoms with van der Waals surface area (Å²) in [6.07, 6.45) is 1.15. The van der Waals surface area contributed by atoms with Gasteiger partial charge < -0.3 is 26.5 Å². The van der Waals surface area contributed by atoms with Gasteiger partial charge in [0.25, 0.3) is 0 Å². The molecule has 0 heterocycles. The fraction of sp³-hybridized carbons (Fsp3) is 0.111. The van der Waals surface area contributed by atoms with Gasteiger partial charge in [-0.1, -0.05) is 17.9 Å². The molecule has 0 unspecified atom stereocenters. The van der Waals surface area contributed by atoms with Crippen LogP contribution in [0.3, 0.4) is 0 Å². The van der Waals surface area contributed by atoms with Crippen molar-refractivity contribution in [2.45, 2.75) is 0 Å². The van der Waals surface area contributed by atoms with E-state index in [1.54, 1.807) is 6.07 Å². The van der Waals surface area contributed by atoms with Gasteiger partial charge in [0.05, 0.1) is 7.11 Å². The van der Waals surface area contributed by atoms with Gasteiger partial charge in [-0.05, 0) is 11.6 Å². The molecular weight excluding hydrogens is 280 g/mol. The molecule has 0 fully saturated rings. The van der Waals surface area contributed by atoms with Gasteiger partial charge in [-0.2, -0.15) is 0 Å². The second kappa shape index (κ2) is 8.49. The van der Waals surface area contributed by atoms with Crippen molar-refractivity contribution in [2.24, 2.45) is 10.8 Å². The zero-order valence-electron chi connectivity index (χ0n) is 9.29. The van der Waals surface area contributed by atoms with Crippen molar-refractivity contribution < 1.29 is 39.6 Å². The molecule has 0 bridgehead atoms. The molecule has 2 amide bonds. The third-order valence-electron chi connectivity index (χ3n) is 1.58. The van der Waals surface area contributed by atoms with E-state index in [-0.39, 0.29) is 42.0 Å². The maximum absolute atomic E-state index is 11.5. The molecule has 1 aromatic rings. The molecule has 0 spiro atoms. The van der Waals surface area contributed by atoms with Crippen LogP contribution in [0.1, 0.15) is 5.56 Å². The second-order valence-corrected chi connectivity index (χ2v) is 2.56. The monoisotopic (exact) mass is 290 g/mol. The molecule has 0 aliphatic heterocycles. The zero-order chi connectivity index (χ0) is 11.3. The smallest absolute Gasteiger partial charge is 0.870 e. The standard InChI is InChI=1S/C9H11N3O3.H2O.Zn/c1-15-7-4-2-3-6(8(7)13)5-11-12-9(10)14;;/h2-5H,1H3,(H4,10,11,12,13,14);1H2;/q;;+2/p-1. The van der Waals surface area contributed by atoms with E-state index < -0.39 is 6.03 Å². The Kier molecular flexibility index (Phi) is 8.85. The largest absolute Gasteiger partial charge is 2.00 e. The molecular formula is C9H12N3O4Zn+. The number of carbonyl (C=O) groups is 1. The van der Waals surface area contributed by atoms with Gasteiger partial charge in [-0.15, -0.1) is 0 Å². The number of hydrogen-bond acceptors (Lipinski definition) is 4. The Bertz CT molecular complexity index is 398. The van der Waals surface area contributed by atoms with E-state index in [2.05, 4.69) is 10.5 Å². The van der Waals surface area contributed by atoms with Gasteiger partial charge in [-0.25, -0.2) is 0 Å². The number of ether oxygens (including phenoxy) is 1. The van der Waals surface area contributed by atoms with Crippen LogP contribution in [-0.2, 0) is 25.0 Å². The summed E-state index contributed by atoms with van der Waals surface area (Å²) in [4.78, 5) is 10.2. The van der Waals surface area contributed by atoms with E-state index in [1.807, 2.05) is 0 Å². The quantitative estimate of drug-likeness (QED) is 0.352. The van der Waals surface area contributed by atoms with Crippen LogP contribution in [0.15, 0.2) is 23.3 Å². The van der Waals surface area contributed by atoms with E-state index in [0.29, 0.717) is 0 Å². The molecule has 0 aliphatic rings. The molecule has 7 nitrogen and oxygen atoms in total. The summed E-state index contributed by atoms with van der Waals surface area (Å²) in [6.45, 7) is 0. The van der Waals surface area contributed by atoms with Crippen molar-refractivity contribution >= 4 is 12.2 Å². The Morgan fingerprint density at radius 1 is 1.59 bits per heavy atom. The third-order valence-corrected chi connectivity index (χ3v) is 1.58. The number of carbonyl (C=O) groups excluding carboxylic acids is 1. The Morgan fingerprint density at radius 2 is 2.24 bits per heavy atom. The molecule has 88 valence electrons. The first-order chi connectivity index (χ1) is 7.15. The van der Waals surface area contributed by atoms with Crippen molar-refractivity contribution in [1.29, 1.82) is 0 Å². The molecule has 0 radical (unpaired) electrons. The predicted octanol–water partition coefficient (Wildman–Crippen LogP) is -0.369. The van der Waals surface area contributed by atoms with Gasteiger partial charge in [0.1, 0.15) is 5.75 Å². The summed E-state index contributed by atoms with van der Waals surface area (Å²) >= 11 is 0. The first kappa shape index (κ1) is 17.7. The molecule has 0 saturated carbocycles. The summed E-state index contributed by atoms with van der Waals surface area (Å²) in [7, 11) is 1.39. The molecule has 5 N–H and O–H groups in total. The minimum atomic E-state index is -0.915. The maximum atomic E-state index is 11.5. The van der Waals surface area contributed by atoms with Crippen LogP contribution in [0, 0.1) is 0 Å². The van der Waals surface area contributed by atoms with Crippen molar-refractivity contribution in [3.05, 3.63) is 29.2 Å². The van der Waals surface area contributed by atoms with Crippen molar-refractivity contribution in [3.8, 4) is 11.5 Å². The minimum Gasteiger partial charge on any atom is -0.870 e. The number of urea groups is 1. The van der Waals surface area contributed by atoms with E-state index in [0.717, 1.165) is 6.21 Å². The molecule has 0 atom stereocenters. The van der Waals surface area contributed by atoms with Crippen LogP contribution in [0.4, 0.5) is 4.79 Å². The predicted molar refractivity (Wildman–Crippen MR) is 57.8 cm³/mol. The Morgan fingerprint density at radius 3 is 2.76 bits per heavy atom. The van der Waals surface area contributed by atoms with Gasteiger partial charge in [0, 0.05) is 6.21 Å². The van der Waals surface area contributed by atoms with E-state index in [9.17, 15) is 9.90 Å². The number of primary amides is 1. The number of rotatable bonds is 3. The average molecular weight is 292 g/mol. The van der Waals surface area contributed by atoms with Crippen LogP contribution in [0.25, 0.3) is 5.43 Å². The Labute approximate surface area is 111 Å². The fourth-order valence-corrected chi connectivity index (χ4v) is 0.943. The van der Waals surface area contributed by atoms with Crippen LogP contribution in [0.2, 0.25) is 0 Å².